The van der Waals surface area contributed by atoms with E-state index in [-0.39, 0.29) is 0 Å². The van der Waals surface area contributed by atoms with Crippen molar-refractivity contribution in [1.29, 1.82) is 0 Å². The molecule has 0 aliphatic rings. The summed E-state index contributed by atoms with van der Waals surface area (Å²) in [7, 11) is 0. The Labute approximate surface area is 164 Å². The van der Waals surface area contributed by atoms with Crippen molar-refractivity contribution in [3.63, 3.8) is 0 Å². The smallest absolute Gasteiger partial charge is 0.349 e. The van der Waals surface area contributed by atoms with Gasteiger partial charge in [-0.05, 0) is 48.2 Å². The quantitative estimate of drug-likeness (QED) is 0.517. The SMILES string of the molecule is Cc1c(C(=O)OCC(=O)NNC(=O)c2ccc(Cl)cc2)sc2ccccc12. The number of aryl methyl sites for hydroxylation is 1. The molecule has 0 unspecified atom stereocenters. The van der Waals surface area contributed by atoms with Crippen LogP contribution in [0.1, 0.15) is 25.6 Å². The van der Waals surface area contributed by atoms with Crippen molar-refractivity contribution in [2.75, 3.05) is 6.61 Å². The molecule has 0 saturated carbocycles. The van der Waals surface area contributed by atoms with E-state index in [1.165, 1.54) is 23.5 Å². The Hall–Kier alpha value is -2.90. The first-order valence-electron chi connectivity index (χ1n) is 7.95. The first kappa shape index (κ1) is 18.9. The standard InChI is InChI=1S/C19H15ClN2O4S/c1-11-14-4-2-3-5-15(14)27-17(11)19(25)26-10-16(23)21-22-18(24)12-6-8-13(20)9-7-12/h2-9H,10H2,1H3,(H,21,23)(H,22,24). The lowest BCUT2D eigenvalue weighted by atomic mass is 10.1. The van der Waals surface area contributed by atoms with Crippen molar-refractivity contribution < 1.29 is 19.1 Å². The molecule has 0 aliphatic carbocycles. The number of fused-ring (bicyclic) bond motifs is 1. The lowest BCUT2D eigenvalue weighted by molar-refractivity contribution is -0.125. The number of rotatable bonds is 4. The summed E-state index contributed by atoms with van der Waals surface area (Å²) in [6, 6.07) is 13.8. The van der Waals surface area contributed by atoms with Crippen LogP contribution >= 0.6 is 22.9 Å². The zero-order valence-electron chi connectivity index (χ0n) is 14.2. The molecule has 0 fully saturated rings. The van der Waals surface area contributed by atoms with Crippen LogP contribution in [0, 0.1) is 6.92 Å². The van der Waals surface area contributed by atoms with Crippen LogP contribution in [0.4, 0.5) is 0 Å². The molecule has 2 aromatic carbocycles. The number of ether oxygens (including phenoxy) is 1. The molecule has 2 amide bonds. The van der Waals surface area contributed by atoms with Crippen molar-refractivity contribution in [3.8, 4) is 0 Å². The summed E-state index contributed by atoms with van der Waals surface area (Å²) < 4.78 is 6.02. The van der Waals surface area contributed by atoms with Crippen LogP contribution in [-0.2, 0) is 9.53 Å². The molecule has 0 saturated heterocycles. The molecule has 0 atom stereocenters. The molecule has 0 spiro atoms. The summed E-state index contributed by atoms with van der Waals surface area (Å²) in [5.74, 6) is -1.73. The summed E-state index contributed by atoms with van der Waals surface area (Å²) in [6.45, 7) is 1.33. The van der Waals surface area contributed by atoms with Gasteiger partial charge in [-0.2, -0.15) is 0 Å². The number of hydrazine groups is 1. The van der Waals surface area contributed by atoms with Crippen LogP contribution in [0.25, 0.3) is 10.1 Å². The van der Waals surface area contributed by atoms with Gasteiger partial charge in [0.15, 0.2) is 6.61 Å². The summed E-state index contributed by atoms with van der Waals surface area (Å²) in [5, 5.41) is 1.48. The number of hydrogen-bond acceptors (Lipinski definition) is 5. The van der Waals surface area contributed by atoms with Crippen molar-refractivity contribution in [3.05, 3.63) is 69.6 Å². The van der Waals surface area contributed by atoms with Crippen molar-refractivity contribution in [1.82, 2.24) is 10.9 Å². The number of halogens is 1. The Morgan fingerprint density at radius 3 is 2.44 bits per heavy atom. The highest BCUT2D eigenvalue weighted by Gasteiger charge is 2.18. The number of thiophene rings is 1. The minimum atomic E-state index is -0.649. The molecule has 8 heteroatoms. The van der Waals surface area contributed by atoms with Gasteiger partial charge in [-0.25, -0.2) is 4.79 Å². The second-order valence-corrected chi connectivity index (χ2v) is 7.13. The van der Waals surface area contributed by atoms with Crippen LogP contribution in [0.15, 0.2) is 48.5 Å². The number of amides is 2. The number of carbonyl (C=O) groups is 3. The molecule has 3 aromatic rings. The Balaban J connectivity index is 1.52. The highest BCUT2D eigenvalue weighted by molar-refractivity contribution is 7.21. The van der Waals surface area contributed by atoms with E-state index in [0.717, 1.165) is 15.6 Å². The summed E-state index contributed by atoms with van der Waals surface area (Å²) >= 11 is 7.07. The lowest BCUT2D eigenvalue weighted by Crippen LogP contribution is -2.43. The van der Waals surface area contributed by atoms with Gasteiger partial charge in [-0.1, -0.05) is 29.8 Å². The van der Waals surface area contributed by atoms with Gasteiger partial charge in [-0.3, -0.25) is 20.4 Å². The number of benzene rings is 2. The van der Waals surface area contributed by atoms with Gasteiger partial charge in [0.05, 0.1) is 0 Å². The van der Waals surface area contributed by atoms with Gasteiger partial charge in [0.25, 0.3) is 11.8 Å². The van der Waals surface area contributed by atoms with Gasteiger partial charge in [0.2, 0.25) is 0 Å². The second kappa shape index (κ2) is 8.20. The van der Waals surface area contributed by atoms with E-state index in [1.54, 1.807) is 12.1 Å². The highest BCUT2D eigenvalue weighted by Crippen LogP contribution is 2.30. The maximum atomic E-state index is 12.2. The minimum Gasteiger partial charge on any atom is -0.451 e. The molecule has 0 aliphatic heterocycles. The monoisotopic (exact) mass is 402 g/mol. The zero-order chi connectivity index (χ0) is 19.4. The van der Waals surface area contributed by atoms with Crippen LogP contribution in [0.2, 0.25) is 5.02 Å². The van der Waals surface area contributed by atoms with Gasteiger partial charge < -0.3 is 4.74 Å². The summed E-state index contributed by atoms with van der Waals surface area (Å²) in [5.41, 5.74) is 5.59. The van der Waals surface area contributed by atoms with Crippen LogP contribution in [0.5, 0.6) is 0 Å². The van der Waals surface area contributed by atoms with Crippen molar-refractivity contribution in [2.24, 2.45) is 0 Å². The Morgan fingerprint density at radius 2 is 1.74 bits per heavy atom. The van der Waals surface area contributed by atoms with Crippen molar-refractivity contribution >= 4 is 50.8 Å². The molecule has 1 heterocycles. The van der Waals surface area contributed by atoms with E-state index in [4.69, 9.17) is 16.3 Å². The average molecular weight is 403 g/mol. The van der Waals surface area contributed by atoms with Crippen LogP contribution in [-0.4, -0.2) is 24.4 Å². The molecule has 0 bridgehead atoms. The predicted molar refractivity (Wildman–Crippen MR) is 104 cm³/mol. The van der Waals surface area contributed by atoms with E-state index >= 15 is 0 Å². The third-order valence-corrected chi connectivity index (χ3v) is 5.29. The molecule has 3 rings (SSSR count). The first-order chi connectivity index (χ1) is 13.0. The van der Waals surface area contributed by atoms with Gasteiger partial charge in [0.1, 0.15) is 4.88 Å². The fourth-order valence-electron chi connectivity index (χ4n) is 2.40. The molecule has 6 nitrogen and oxygen atoms in total. The van der Waals surface area contributed by atoms with E-state index in [0.29, 0.717) is 15.5 Å². The third-order valence-electron chi connectivity index (χ3n) is 3.79. The van der Waals surface area contributed by atoms with Gasteiger partial charge >= 0.3 is 5.97 Å². The van der Waals surface area contributed by atoms with Gasteiger partial charge in [0, 0.05) is 15.3 Å². The summed E-state index contributed by atoms with van der Waals surface area (Å²) in [4.78, 5) is 36.4. The van der Waals surface area contributed by atoms with E-state index in [9.17, 15) is 14.4 Å². The molecule has 27 heavy (non-hydrogen) atoms. The lowest BCUT2D eigenvalue weighted by Gasteiger charge is -2.08. The van der Waals surface area contributed by atoms with Gasteiger partial charge in [-0.15, -0.1) is 11.3 Å². The first-order valence-corrected chi connectivity index (χ1v) is 9.15. The predicted octanol–water partition coefficient (Wildman–Crippen LogP) is 3.48. The maximum absolute atomic E-state index is 12.2. The van der Waals surface area contributed by atoms with E-state index in [2.05, 4.69) is 10.9 Å². The summed E-state index contributed by atoms with van der Waals surface area (Å²) in [6.07, 6.45) is 0. The molecular formula is C19H15ClN2O4S. The number of hydrogen-bond donors (Lipinski definition) is 2. The van der Waals surface area contributed by atoms with Crippen LogP contribution in [0.3, 0.4) is 0 Å². The highest BCUT2D eigenvalue weighted by atomic mass is 35.5. The Morgan fingerprint density at radius 1 is 1.04 bits per heavy atom. The fourth-order valence-corrected chi connectivity index (χ4v) is 3.63. The molecular weight excluding hydrogens is 388 g/mol. The van der Waals surface area contributed by atoms with E-state index < -0.39 is 24.4 Å². The average Bonchev–Trinajstić information content (AvgIpc) is 3.02. The molecule has 138 valence electrons. The Kier molecular flexibility index (Phi) is 5.73. The maximum Gasteiger partial charge on any atom is 0.349 e. The van der Waals surface area contributed by atoms with Crippen LogP contribution < -0.4 is 10.9 Å². The molecule has 1 aromatic heterocycles. The topological polar surface area (TPSA) is 84.5 Å². The number of carbonyl (C=O) groups excluding carboxylic acids is 3. The second-order valence-electron chi connectivity index (χ2n) is 5.64. The molecule has 0 radical (unpaired) electrons. The third kappa shape index (κ3) is 4.45. The zero-order valence-corrected chi connectivity index (χ0v) is 15.8. The fraction of sp³-hybridized carbons (Fsp3) is 0.105. The van der Waals surface area contributed by atoms with Crippen molar-refractivity contribution in [2.45, 2.75) is 6.92 Å². The minimum absolute atomic E-state index is 0.331. The Bertz CT molecular complexity index is 1010. The van der Waals surface area contributed by atoms with E-state index in [1.807, 2.05) is 31.2 Å². The molecule has 2 N–H and O–H groups in total. The largest absolute Gasteiger partial charge is 0.451 e. The number of esters is 1. The normalized spacial score (nSPS) is 10.4. The number of nitrogens with one attached hydrogen (secondary N) is 2.